The number of alkyl halides is 1. The van der Waals surface area contributed by atoms with Crippen molar-refractivity contribution in [1.82, 2.24) is 9.55 Å². The lowest BCUT2D eigenvalue weighted by molar-refractivity contribution is 0.0764. The first-order chi connectivity index (χ1) is 10.1. The molecule has 21 heavy (non-hydrogen) atoms. The summed E-state index contributed by atoms with van der Waals surface area (Å²) < 4.78 is 13.4. The van der Waals surface area contributed by atoms with E-state index in [-0.39, 0.29) is 11.6 Å². The van der Waals surface area contributed by atoms with Crippen LogP contribution in [0.3, 0.4) is 0 Å². The van der Waals surface area contributed by atoms with E-state index in [1.54, 1.807) is 7.11 Å². The number of rotatable bonds is 4. The van der Waals surface area contributed by atoms with Crippen LogP contribution in [0.4, 0.5) is 0 Å². The fourth-order valence-corrected chi connectivity index (χ4v) is 3.35. The van der Waals surface area contributed by atoms with Crippen LogP contribution in [0.5, 0.6) is 5.75 Å². The Bertz CT molecular complexity index is 655. The number of fused-ring (bicyclic) bond motifs is 1. The molecule has 1 aromatic heterocycles. The monoisotopic (exact) mass is 308 g/mol. The van der Waals surface area contributed by atoms with Crippen LogP contribution in [0.25, 0.3) is 11.0 Å². The molecule has 3 rings (SSSR count). The Balaban J connectivity index is 2.21. The zero-order chi connectivity index (χ0) is 15.0. The molecule has 1 saturated heterocycles. The van der Waals surface area contributed by atoms with Crippen molar-refractivity contribution < 1.29 is 9.47 Å². The van der Waals surface area contributed by atoms with Crippen molar-refractivity contribution in [3.05, 3.63) is 24.0 Å². The zero-order valence-electron chi connectivity index (χ0n) is 12.7. The van der Waals surface area contributed by atoms with Gasteiger partial charge in [-0.3, -0.25) is 0 Å². The molecule has 1 aromatic carbocycles. The Morgan fingerprint density at radius 3 is 2.95 bits per heavy atom. The lowest BCUT2D eigenvalue weighted by Gasteiger charge is -2.32. The van der Waals surface area contributed by atoms with Gasteiger partial charge in [-0.15, -0.1) is 11.6 Å². The average molecular weight is 309 g/mol. The summed E-state index contributed by atoms with van der Waals surface area (Å²) in [6.45, 7) is 5.16. The Hall–Kier alpha value is -1.26. The van der Waals surface area contributed by atoms with Crippen molar-refractivity contribution in [3.63, 3.8) is 0 Å². The molecule has 0 radical (unpaired) electrons. The Labute approximate surface area is 130 Å². The molecule has 2 heterocycles. The van der Waals surface area contributed by atoms with Gasteiger partial charge in [0, 0.05) is 25.0 Å². The van der Waals surface area contributed by atoms with Crippen LogP contribution in [0.1, 0.15) is 26.1 Å². The molecular weight excluding hydrogens is 288 g/mol. The molecule has 114 valence electrons. The molecule has 0 saturated carbocycles. The van der Waals surface area contributed by atoms with Gasteiger partial charge in [0.25, 0.3) is 0 Å². The minimum absolute atomic E-state index is 0.0786. The van der Waals surface area contributed by atoms with Crippen molar-refractivity contribution in [2.75, 3.05) is 19.6 Å². The summed E-state index contributed by atoms with van der Waals surface area (Å²) in [4.78, 5) is 4.78. The quantitative estimate of drug-likeness (QED) is 0.813. The number of methoxy groups -OCH3 is 1. The van der Waals surface area contributed by atoms with Crippen molar-refractivity contribution in [2.45, 2.75) is 38.3 Å². The summed E-state index contributed by atoms with van der Waals surface area (Å²) in [5.41, 5.74) is 2.00. The van der Waals surface area contributed by atoms with Gasteiger partial charge in [-0.2, -0.15) is 0 Å². The number of halogens is 1. The molecule has 0 amide bonds. The van der Waals surface area contributed by atoms with Gasteiger partial charge in [0.1, 0.15) is 11.6 Å². The number of ether oxygens (including phenoxy) is 2. The smallest absolute Gasteiger partial charge is 0.121 e. The third-order valence-corrected chi connectivity index (χ3v) is 4.80. The maximum absolute atomic E-state index is 5.97. The summed E-state index contributed by atoms with van der Waals surface area (Å²) in [5.74, 6) is 2.41. The number of benzene rings is 1. The summed E-state index contributed by atoms with van der Waals surface area (Å²) >= 11 is 5.97. The summed E-state index contributed by atoms with van der Waals surface area (Å²) in [5, 5.41) is 0. The van der Waals surface area contributed by atoms with Crippen LogP contribution in [0.2, 0.25) is 0 Å². The van der Waals surface area contributed by atoms with Crippen LogP contribution in [-0.4, -0.2) is 35.3 Å². The number of aryl methyl sites for hydroxylation is 1. The van der Waals surface area contributed by atoms with Crippen LogP contribution >= 0.6 is 11.6 Å². The van der Waals surface area contributed by atoms with Gasteiger partial charge >= 0.3 is 0 Å². The normalized spacial score (nSPS) is 25.6. The maximum atomic E-state index is 5.97. The van der Waals surface area contributed by atoms with Crippen molar-refractivity contribution in [1.29, 1.82) is 0 Å². The average Bonchev–Trinajstić information content (AvgIpc) is 3.00. The molecule has 5 heteroatoms. The minimum Gasteiger partial charge on any atom is -0.497 e. The molecule has 0 spiro atoms. The predicted molar refractivity (Wildman–Crippen MR) is 84.4 cm³/mol. The second kappa shape index (κ2) is 5.50. The highest BCUT2D eigenvalue weighted by Crippen LogP contribution is 2.37. The van der Waals surface area contributed by atoms with E-state index in [9.17, 15) is 0 Å². The highest BCUT2D eigenvalue weighted by Gasteiger charge is 2.41. The number of hydrogen-bond acceptors (Lipinski definition) is 3. The number of hydrogen-bond donors (Lipinski definition) is 0. The molecule has 0 aliphatic carbocycles. The molecule has 2 aromatic rings. The van der Waals surface area contributed by atoms with Gasteiger partial charge in [-0.05, 0) is 32.4 Å². The molecular formula is C16H21ClN2O2. The Morgan fingerprint density at radius 2 is 2.33 bits per heavy atom. The molecule has 1 aliphatic rings. The molecule has 2 atom stereocenters. The van der Waals surface area contributed by atoms with Gasteiger partial charge in [0.15, 0.2) is 0 Å². The van der Waals surface area contributed by atoms with E-state index in [4.69, 9.17) is 26.1 Å². The van der Waals surface area contributed by atoms with Gasteiger partial charge in [-0.1, -0.05) is 0 Å². The lowest BCUT2D eigenvalue weighted by atomic mass is 9.93. The highest BCUT2D eigenvalue weighted by molar-refractivity contribution is 6.17. The van der Waals surface area contributed by atoms with Gasteiger partial charge in [-0.25, -0.2) is 4.98 Å². The largest absolute Gasteiger partial charge is 0.497 e. The summed E-state index contributed by atoms with van der Waals surface area (Å²) in [7, 11) is 1.67. The van der Waals surface area contributed by atoms with Crippen molar-refractivity contribution in [2.24, 2.45) is 0 Å². The van der Waals surface area contributed by atoms with Crippen molar-refractivity contribution >= 4 is 22.6 Å². The van der Waals surface area contributed by atoms with Crippen LogP contribution in [0, 0.1) is 0 Å². The topological polar surface area (TPSA) is 36.3 Å². The van der Waals surface area contributed by atoms with Gasteiger partial charge in [0.05, 0.1) is 29.8 Å². The van der Waals surface area contributed by atoms with E-state index < -0.39 is 0 Å². The van der Waals surface area contributed by atoms with E-state index >= 15 is 0 Å². The van der Waals surface area contributed by atoms with Gasteiger partial charge < -0.3 is 14.0 Å². The second-order valence-electron chi connectivity index (χ2n) is 5.78. The van der Waals surface area contributed by atoms with Crippen molar-refractivity contribution in [3.8, 4) is 5.75 Å². The van der Waals surface area contributed by atoms with E-state index in [1.807, 2.05) is 12.1 Å². The molecule has 1 aliphatic heterocycles. The van der Waals surface area contributed by atoms with E-state index in [1.165, 1.54) is 0 Å². The number of imidazole rings is 1. The highest BCUT2D eigenvalue weighted by atomic mass is 35.5. The fourth-order valence-electron chi connectivity index (χ4n) is 3.18. The second-order valence-corrected chi connectivity index (χ2v) is 6.16. The fraction of sp³-hybridized carbons (Fsp3) is 0.562. The molecule has 0 N–H and O–H groups in total. The first kappa shape index (κ1) is 14.7. The third kappa shape index (κ3) is 2.30. The summed E-state index contributed by atoms with van der Waals surface area (Å²) in [6.07, 6.45) is 1.90. The maximum Gasteiger partial charge on any atom is 0.121 e. The van der Waals surface area contributed by atoms with E-state index in [0.29, 0.717) is 5.88 Å². The van der Waals surface area contributed by atoms with Crippen LogP contribution in [0.15, 0.2) is 18.2 Å². The standard InChI is InChI=1S/C16H21ClN2O2/c1-11-16(2,7-9-21-11)19-14-5-4-12(20-3)10-13(14)18-15(19)6-8-17/h4-5,10-11H,6-9H2,1-3H3. The SMILES string of the molecule is COc1ccc2c(c1)nc(CCCl)n2C1(C)CCOC1C. The number of aromatic nitrogens is 2. The summed E-state index contributed by atoms with van der Waals surface area (Å²) in [6, 6.07) is 6.04. The first-order valence-electron chi connectivity index (χ1n) is 7.33. The lowest BCUT2D eigenvalue weighted by Crippen LogP contribution is -2.38. The molecule has 2 unspecified atom stereocenters. The Morgan fingerprint density at radius 1 is 1.52 bits per heavy atom. The first-order valence-corrected chi connectivity index (χ1v) is 7.87. The predicted octanol–water partition coefficient (Wildman–Crippen LogP) is 3.35. The third-order valence-electron chi connectivity index (χ3n) is 4.61. The Kier molecular flexibility index (Phi) is 3.84. The number of nitrogens with zero attached hydrogens (tertiary/aromatic N) is 2. The van der Waals surface area contributed by atoms with Gasteiger partial charge in [0.2, 0.25) is 0 Å². The zero-order valence-corrected chi connectivity index (χ0v) is 13.5. The molecule has 4 nitrogen and oxygen atoms in total. The van der Waals surface area contributed by atoms with E-state index in [0.717, 1.165) is 42.1 Å². The molecule has 1 fully saturated rings. The molecule has 0 bridgehead atoms. The minimum atomic E-state index is -0.0786. The van der Waals surface area contributed by atoms with E-state index in [2.05, 4.69) is 24.5 Å². The van der Waals surface area contributed by atoms with Crippen LogP contribution < -0.4 is 4.74 Å². The van der Waals surface area contributed by atoms with Crippen LogP contribution in [-0.2, 0) is 16.7 Å².